The molecule has 2 atom stereocenters. The third kappa shape index (κ3) is 5.12. The summed E-state index contributed by atoms with van der Waals surface area (Å²) in [5, 5.41) is 22.6. The summed E-state index contributed by atoms with van der Waals surface area (Å²) in [6.45, 7) is 1.39. The maximum Gasteiger partial charge on any atom is 0.254 e. The summed E-state index contributed by atoms with van der Waals surface area (Å²) in [7, 11) is 0. The van der Waals surface area contributed by atoms with Gasteiger partial charge in [0.05, 0.1) is 13.2 Å². The molecular formula is C21H24FN3O5. The van der Waals surface area contributed by atoms with Crippen molar-refractivity contribution >= 4 is 17.5 Å². The summed E-state index contributed by atoms with van der Waals surface area (Å²) in [4.78, 5) is 25.7. The minimum absolute atomic E-state index is 0.0908. The summed E-state index contributed by atoms with van der Waals surface area (Å²) >= 11 is 0. The normalized spacial score (nSPS) is 16.0. The average molecular weight is 417 g/mol. The number of nitrogen functional groups attached to an aromatic ring is 1. The monoisotopic (exact) mass is 417 g/mol. The molecule has 0 aromatic heterocycles. The van der Waals surface area contributed by atoms with Crippen LogP contribution in [0.3, 0.4) is 0 Å². The SMILES string of the molecule is Nc1cc(F)ccc1-c1ccc(CNC(=O)[C@H](O)[C@@H](O)C(=O)N2CCOCC2)cc1. The van der Waals surface area contributed by atoms with E-state index in [0.717, 1.165) is 11.1 Å². The second kappa shape index (κ2) is 9.66. The van der Waals surface area contributed by atoms with Crippen LogP contribution in [0, 0.1) is 5.82 Å². The van der Waals surface area contributed by atoms with Crippen LogP contribution in [0.5, 0.6) is 0 Å². The van der Waals surface area contributed by atoms with Crippen LogP contribution in [0.1, 0.15) is 5.56 Å². The molecule has 1 fully saturated rings. The number of aliphatic hydroxyl groups is 2. The maximum absolute atomic E-state index is 13.2. The smallest absolute Gasteiger partial charge is 0.254 e. The first-order valence-electron chi connectivity index (χ1n) is 9.51. The Hall–Kier alpha value is -3.01. The van der Waals surface area contributed by atoms with Gasteiger partial charge in [-0.2, -0.15) is 0 Å². The highest BCUT2D eigenvalue weighted by molar-refractivity contribution is 5.90. The van der Waals surface area contributed by atoms with Crippen molar-refractivity contribution in [3.8, 4) is 11.1 Å². The number of ether oxygens (including phenoxy) is 1. The van der Waals surface area contributed by atoms with Gasteiger partial charge < -0.3 is 30.9 Å². The molecule has 2 amide bonds. The lowest BCUT2D eigenvalue weighted by Crippen LogP contribution is -2.53. The van der Waals surface area contributed by atoms with Crippen molar-refractivity contribution in [2.45, 2.75) is 18.8 Å². The Morgan fingerprint density at radius 2 is 1.77 bits per heavy atom. The number of morpholine rings is 1. The Kier molecular flexibility index (Phi) is 6.99. The number of amides is 2. The van der Waals surface area contributed by atoms with Gasteiger partial charge in [0.15, 0.2) is 12.2 Å². The number of hydrogen-bond acceptors (Lipinski definition) is 6. The fourth-order valence-corrected chi connectivity index (χ4v) is 3.14. The highest BCUT2D eigenvalue weighted by atomic mass is 19.1. The lowest BCUT2D eigenvalue weighted by atomic mass is 10.0. The number of nitrogens with one attached hydrogen (secondary N) is 1. The lowest BCUT2D eigenvalue weighted by molar-refractivity contribution is -0.156. The molecule has 3 rings (SSSR count). The van der Waals surface area contributed by atoms with Crippen LogP contribution < -0.4 is 11.1 Å². The molecule has 2 aromatic carbocycles. The van der Waals surface area contributed by atoms with Crippen molar-refractivity contribution in [3.05, 3.63) is 53.8 Å². The topological polar surface area (TPSA) is 125 Å². The lowest BCUT2D eigenvalue weighted by Gasteiger charge is -2.29. The second-order valence-electron chi connectivity index (χ2n) is 6.97. The standard InChI is InChI=1S/C21H24FN3O5/c22-15-5-6-16(17(23)11-15)14-3-1-13(2-4-14)12-24-20(28)18(26)19(27)21(29)25-7-9-30-10-8-25/h1-6,11,18-19,26-27H,7-10,12,23H2,(H,24,28)/t18-,19-/m1/s1. The van der Waals surface area contributed by atoms with Crippen molar-refractivity contribution in [2.24, 2.45) is 0 Å². The number of aliphatic hydroxyl groups excluding tert-OH is 2. The zero-order valence-corrected chi connectivity index (χ0v) is 16.3. The van der Waals surface area contributed by atoms with Gasteiger partial charge in [-0.25, -0.2) is 4.39 Å². The first-order chi connectivity index (χ1) is 14.4. The van der Waals surface area contributed by atoms with E-state index in [0.29, 0.717) is 37.6 Å². The van der Waals surface area contributed by atoms with E-state index in [9.17, 15) is 24.2 Å². The molecule has 1 heterocycles. The summed E-state index contributed by atoms with van der Waals surface area (Å²) < 4.78 is 18.3. The fourth-order valence-electron chi connectivity index (χ4n) is 3.14. The zero-order valence-electron chi connectivity index (χ0n) is 16.3. The van der Waals surface area contributed by atoms with E-state index in [2.05, 4.69) is 5.32 Å². The number of halogens is 1. The highest BCUT2D eigenvalue weighted by Crippen LogP contribution is 2.26. The third-order valence-corrected chi connectivity index (χ3v) is 4.89. The quantitative estimate of drug-likeness (QED) is 0.500. The number of hydrogen-bond donors (Lipinski definition) is 4. The minimum Gasteiger partial charge on any atom is -0.398 e. The number of nitrogens with two attached hydrogens (primary N) is 1. The Balaban J connectivity index is 1.55. The van der Waals surface area contributed by atoms with E-state index in [-0.39, 0.29) is 6.54 Å². The molecule has 1 aliphatic rings. The Morgan fingerprint density at radius 1 is 1.10 bits per heavy atom. The Bertz CT molecular complexity index is 900. The summed E-state index contributed by atoms with van der Waals surface area (Å²) in [5.74, 6) is -1.97. The van der Waals surface area contributed by atoms with Crippen molar-refractivity contribution in [1.82, 2.24) is 10.2 Å². The first kappa shape index (κ1) is 21.7. The number of anilines is 1. The molecular weight excluding hydrogens is 393 g/mol. The molecule has 9 heteroatoms. The predicted octanol–water partition coefficient (Wildman–Crippen LogP) is 0.272. The van der Waals surface area contributed by atoms with Crippen LogP contribution in [-0.2, 0) is 20.9 Å². The van der Waals surface area contributed by atoms with Crippen LogP contribution in [-0.4, -0.2) is 65.4 Å². The molecule has 1 saturated heterocycles. The van der Waals surface area contributed by atoms with Crippen LogP contribution in [0.2, 0.25) is 0 Å². The van der Waals surface area contributed by atoms with E-state index < -0.39 is 29.8 Å². The first-order valence-corrected chi connectivity index (χ1v) is 9.51. The van der Waals surface area contributed by atoms with E-state index >= 15 is 0 Å². The van der Waals surface area contributed by atoms with E-state index in [1.165, 1.54) is 17.0 Å². The molecule has 5 N–H and O–H groups in total. The van der Waals surface area contributed by atoms with Gasteiger partial charge in [-0.1, -0.05) is 24.3 Å². The van der Waals surface area contributed by atoms with Crippen molar-refractivity contribution in [1.29, 1.82) is 0 Å². The van der Waals surface area contributed by atoms with Crippen molar-refractivity contribution in [2.75, 3.05) is 32.0 Å². The molecule has 0 radical (unpaired) electrons. The van der Waals surface area contributed by atoms with Gasteiger partial charge >= 0.3 is 0 Å². The number of rotatable bonds is 6. The number of carbonyl (C=O) groups is 2. The fraction of sp³-hybridized carbons (Fsp3) is 0.333. The summed E-state index contributed by atoms with van der Waals surface area (Å²) in [6.07, 6.45) is -3.72. The Labute approximate surface area is 173 Å². The largest absolute Gasteiger partial charge is 0.398 e. The van der Waals surface area contributed by atoms with Gasteiger partial charge in [0.1, 0.15) is 5.82 Å². The van der Waals surface area contributed by atoms with E-state index in [1.807, 2.05) is 0 Å². The molecule has 30 heavy (non-hydrogen) atoms. The van der Waals surface area contributed by atoms with Crippen LogP contribution in [0.15, 0.2) is 42.5 Å². The third-order valence-electron chi connectivity index (χ3n) is 4.89. The molecule has 0 unspecified atom stereocenters. The van der Waals surface area contributed by atoms with Gasteiger partial charge in [0.2, 0.25) is 0 Å². The molecule has 8 nitrogen and oxygen atoms in total. The van der Waals surface area contributed by atoms with Gasteiger partial charge in [-0.3, -0.25) is 9.59 Å². The molecule has 160 valence electrons. The predicted molar refractivity (Wildman–Crippen MR) is 108 cm³/mol. The summed E-state index contributed by atoms with van der Waals surface area (Å²) in [5.41, 5.74) is 8.36. The molecule has 0 bridgehead atoms. The van der Waals surface area contributed by atoms with Gasteiger partial charge in [0.25, 0.3) is 11.8 Å². The Morgan fingerprint density at radius 3 is 2.40 bits per heavy atom. The van der Waals surface area contributed by atoms with Crippen LogP contribution >= 0.6 is 0 Å². The van der Waals surface area contributed by atoms with Gasteiger partial charge in [-0.15, -0.1) is 0 Å². The number of nitrogens with zero attached hydrogens (tertiary/aromatic N) is 1. The van der Waals surface area contributed by atoms with Crippen molar-refractivity contribution in [3.63, 3.8) is 0 Å². The second-order valence-corrected chi connectivity index (χ2v) is 6.97. The van der Waals surface area contributed by atoms with Crippen molar-refractivity contribution < 1.29 is 28.9 Å². The molecule has 2 aromatic rings. The van der Waals surface area contributed by atoms with E-state index in [4.69, 9.17) is 10.5 Å². The van der Waals surface area contributed by atoms with Gasteiger partial charge in [-0.05, 0) is 29.3 Å². The van der Waals surface area contributed by atoms with Crippen LogP contribution in [0.25, 0.3) is 11.1 Å². The molecule has 0 saturated carbocycles. The zero-order chi connectivity index (χ0) is 21.7. The molecule has 0 aliphatic carbocycles. The molecule has 0 spiro atoms. The highest BCUT2D eigenvalue weighted by Gasteiger charge is 2.33. The van der Waals surface area contributed by atoms with Crippen LogP contribution in [0.4, 0.5) is 10.1 Å². The minimum atomic E-state index is -1.88. The summed E-state index contributed by atoms with van der Waals surface area (Å²) in [6, 6.07) is 11.2. The number of benzene rings is 2. The maximum atomic E-state index is 13.2. The number of carbonyl (C=O) groups excluding carboxylic acids is 2. The molecule has 1 aliphatic heterocycles. The van der Waals surface area contributed by atoms with E-state index in [1.54, 1.807) is 30.3 Å². The van der Waals surface area contributed by atoms with Gasteiger partial charge in [0, 0.05) is 30.9 Å². The average Bonchev–Trinajstić information content (AvgIpc) is 2.77.